The van der Waals surface area contributed by atoms with E-state index in [1.165, 1.54) is 0 Å². The van der Waals surface area contributed by atoms with Crippen LogP contribution in [0.5, 0.6) is 0 Å². The summed E-state index contributed by atoms with van der Waals surface area (Å²) in [5, 5.41) is 16.2. The van der Waals surface area contributed by atoms with Crippen LogP contribution in [0.2, 0.25) is 0 Å². The normalized spacial score (nSPS) is 14.4. The molecule has 0 aromatic heterocycles. The number of nitrogens with zero attached hydrogens (tertiary/aromatic N) is 1. The number of hydrogen-bond donors (Lipinski definition) is 3. The molecule has 5 nitrogen and oxygen atoms in total. The van der Waals surface area contributed by atoms with Crippen LogP contribution >= 0.6 is 24.0 Å². The molecular formula is C19H34IN3O2. The molecule has 0 spiro atoms. The number of aliphatic hydroxyl groups is 1. The van der Waals surface area contributed by atoms with Gasteiger partial charge in [0.1, 0.15) is 0 Å². The van der Waals surface area contributed by atoms with Gasteiger partial charge in [0, 0.05) is 26.1 Å². The number of guanidine groups is 1. The lowest BCUT2D eigenvalue weighted by molar-refractivity contribution is 0.0241. The first-order chi connectivity index (χ1) is 11.4. The molecule has 144 valence electrons. The van der Waals surface area contributed by atoms with Crippen molar-refractivity contribution in [2.75, 3.05) is 33.4 Å². The second kappa shape index (κ2) is 12.5. The minimum atomic E-state index is 0. The van der Waals surface area contributed by atoms with Gasteiger partial charge in [-0.25, -0.2) is 0 Å². The van der Waals surface area contributed by atoms with E-state index in [9.17, 15) is 5.11 Å². The van der Waals surface area contributed by atoms with Crippen molar-refractivity contribution in [1.29, 1.82) is 0 Å². The Labute approximate surface area is 169 Å². The van der Waals surface area contributed by atoms with Crippen LogP contribution in [-0.2, 0) is 4.74 Å². The van der Waals surface area contributed by atoms with Crippen molar-refractivity contribution in [2.45, 2.75) is 39.7 Å². The topological polar surface area (TPSA) is 65.9 Å². The van der Waals surface area contributed by atoms with Crippen LogP contribution in [0.15, 0.2) is 35.3 Å². The molecule has 2 unspecified atom stereocenters. The third-order valence-corrected chi connectivity index (χ3v) is 4.02. The van der Waals surface area contributed by atoms with Crippen LogP contribution in [0.4, 0.5) is 0 Å². The third kappa shape index (κ3) is 8.87. The minimum absolute atomic E-state index is 0. The highest BCUT2D eigenvalue weighted by molar-refractivity contribution is 14.0. The lowest BCUT2D eigenvalue weighted by Gasteiger charge is -2.28. The molecule has 2 atom stereocenters. The summed E-state index contributed by atoms with van der Waals surface area (Å²) in [7, 11) is 1.73. The summed E-state index contributed by atoms with van der Waals surface area (Å²) in [4.78, 5) is 4.64. The fraction of sp³-hybridized carbons (Fsp3) is 0.632. The van der Waals surface area contributed by atoms with Gasteiger partial charge in [-0.1, -0.05) is 51.1 Å². The fourth-order valence-electron chi connectivity index (χ4n) is 2.45. The van der Waals surface area contributed by atoms with Crippen molar-refractivity contribution in [3.63, 3.8) is 0 Å². The van der Waals surface area contributed by atoms with Gasteiger partial charge >= 0.3 is 0 Å². The van der Waals surface area contributed by atoms with Gasteiger partial charge in [0.15, 0.2) is 5.96 Å². The Bertz CT molecular complexity index is 489. The highest BCUT2D eigenvalue weighted by Gasteiger charge is 2.24. The molecule has 1 rings (SSSR count). The number of rotatable bonds is 8. The summed E-state index contributed by atoms with van der Waals surface area (Å²) in [5.41, 5.74) is 1.15. The van der Waals surface area contributed by atoms with Gasteiger partial charge in [-0.15, -0.1) is 24.0 Å². The van der Waals surface area contributed by atoms with Gasteiger partial charge in [0.25, 0.3) is 0 Å². The van der Waals surface area contributed by atoms with E-state index in [4.69, 9.17) is 4.74 Å². The molecule has 0 aliphatic rings. The predicted molar refractivity (Wildman–Crippen MR) is 116 cm³/mol. The first-order valence-electron chi connectivity index (χ1n) is 8.63. The standard InChI is InChI=1S/C19H33N3O2.HI/c1-6-20-18(22-13-17(24-5)19(2,3)4)21-12-16(14-23)15-10-8-7-9-11-15;/h7-11,16-17,23H,6,12-14H2,1-5H3,(H2,20,21,22);1H. The highest BCUT2D eigenvalue weighted by Crippen LogP contribution is 2.21. The Morgan fingerprint density at radius 3 is 2.32 bits per heavy atom. The largest absolute Gasteiger partial charge is 0.396 e. The maximum absolute atomic E-state index is 9.66. The average molecular weight is 463 g/mol. The van der Waals surface area contributed by atoms with Crippen molar-refractivity contribution in [3.05, 3.63) is 35.9 Å². The second-order valence-corrected chi connectivity index (χ2v) is 6.98. The second-order valence-electron chi connectivity index (χ2n) is 6.98. The van der Waals surface area contributed by atoms with Gasteiger partial charge < -0.3 is 20.5 Å². The third-order valence-electron chi connectivity index (χ3n) is 4.02. The number of nitrogens with one attached hydrogen (secondary N) is 2. The molecule has 25 heavy (non-hydrogen) atoms. The molecular weight excluding hydrogens is 429 g/mol. The quantitative estimate of drug-likeness (QED) is 0.315. The maximum Gasteiger partial charge on any atom is 0.191 e. The van der Waals surface area contributed by atoms with Crippen molar-refractivity contribution in [1.82, 2.24) is 10.6 Å². The van der Waals surface area contributed by atoms with Crippen molar-refractivity contribution < 1.29 is 9.84 Å². The van der Waals surface area contributed by atoms with Crippen molar-refractivity contribution in [2.24, 2.45) is 10.4 Å². The van der Waals surface area contributed by atoms with Gasteiger partial charge in [0.05, 0.1) is 19.3 Å². The monoisotopic (exact) mass is 463 g/mol. The Morgan fingerprint density at radius 2 is 1.84 bits per heavy atom. The molecule has 0 bridgehead atoms. The molecule has 0 heterocycles. The summed E-state index contributed by atoms with van der Waals surface area (Å²) < 4.78 is 5.56. The van der Waals surface area contributed by atoms with E-state index in [2.05, 4.69) is 36.4 Å². The molecule has 0 aliphatic heterocycles. The fourth-order valence-corrected chi connectivity index (χ4v) is 2.45. The van der Waals surface area contributed by atoms with Gasteiger partial charge in [-0.3, -0.25) is 4.99 Å². The van der Waals surface area contributed by atoms with Crippen LogP contribution in [0.3, 0.4) is 0 Å². The zero-order chi connectivity index (χ0) is 18.0. The number of aliphatic imine (C=N–C) groups is 1. The van der Waals surface area contributed by atoms with Crippen molar-refractivity contribution in [3.8, 4) is 0 Å². The van der Waals surface area contributed by atoms with Crippen LogP contribution in [0.1, 0.15) is 39.2 Å². The number of methoxy groups -OCH3 is 1. The van der Waals surface area contributed by atoms with Gasteiger partial charge in [-0.05, 0) is 17.9 Å². The molecule has 1 aromatic carbocycles. The number of hydrogen-bond acceptors (Lipinski definition) is 3. The molecule has 6 heteroatoms. The van der Waals surface area contributed by atoms with E-state index in [0.717, 1.165) is 18.1 Å². The number of halogens is 1. The summed E-state index contributed by atoms with van der Waals surface area (Å²) >= 11 is 0. The first-order valence-corrected chi connectivity index (χ1v) is 8.63. The minimum Gasteiger partial charge on any atom is -0.396 e. The Morgan fingerprint density at radius 1 is 1.20 bits per heavy atom. The van der Waals surface area contributed by atoms with Crippen LogP contribution in [-0.4, -0.2) is 50.5 Å². The molecule has 3 N–H and O–H groups in total. The van der Waals surface area contributed by atoms with Crippen LogP contribution in [0, 0.1) is 5.41 Å². The van der Waals surface area contributed by atoms with Crippen LogP contribution in [0.25, 0.3) is 0 Å². The summed E-state index contributed by atoms with van der Waals surface area (Å²) in [6, 6.07) is 10.0. The molecule has 0 amide bonds. The number of benzene rings is 1. The molecule has 0 fully saturated rings. The first kappa shape index (κ1) is 24.1. The van der Waals surface area contributed by atoms with E-state index in [1.54, 1.807) is 7.11 Å². The zero-order valence-electron chi connectivity index (χ0n) is 16.1. The summed E-state index contributed by atoms with van der Waals surface area (Å²) in [6.07, 6.45) is 0.0516. The van der Waals surface area contributed by atoms with E-state index < -0.39 is 0 Å². The number of aliphatic hydroxyl groups excluding tert-OH is 1. The molecule has 0 saturated heterocycles. The highest BCUT2D eigenvalue weighted by atomic mass is 127. The van der Waals surface area contributed by atoms with Gasteiger partial charge in [0.2, 0.25) is 0 Å². The Kier molecular flexibility index (Phi) is 12.1. The molecule has 0 aliphatic carbocycles. The van der Waals surface area contributed by atoms with E-state index in [0.29, 0.717) is 13.1 Å². The molecule has 0 radical (unpaired) electrons. The Hall–Kier alpha value is -0.860. The zero-order valence-corrected chi connectivity index (χ0v) is 18.4. The molecule has 1 aromatic rings. The summed E-state index contributed by atoms with van der Waals surface area (Å²) in [5.74, 6) is 0.786. The predicted octanol–water partition coefficient (Wildman–Crippen LogP) is 3.00. The lowest BCUT2D eigenvalue weighted by atomic mass is 9.89. The smallest absolute Gasteiger partial charge is 0.191 e. The Balaban J connectivity index is 0.00000576. The van der Waals surface area contributed by atoms with Gasteiger partial charge in [-0.2, -0.15) is 0 Å². The average Bonchev–Trinajstić information content (AvgIpc) is 2.55. The maximum atomic E-state index is 9.66. The van der Waals surface area contributed by atoms with Crippen LogP contribution < -0.4 is 10.6 Å². The number of ether oxygens (including phenoxy) is 1. The SMILES string of the molecule is CCNC(=NCC(OC)C(C)(C)C)NCC(CO)c1ccccc1.I. The van der Waals surface area contributed by atoms with Crippen molar-refractivity contribution >= 4 is 29.9 Å². The summed E-state index contributed by atoms with van der Waals surface area (Å²) in [6.45, 7) is 10.6. The molecule has 0 saturated carbocycles. The van der Waals surface area contributed by atoms with E-state index in [1.807, 2.05) is 37.3 Å². The lowest BCUT2D eigenvalue weighted by Crippen LogP contribution is -2.41. The van der Waals surface area contributed by atoms with E-state index >= 15 is 0 Å². The van der Waals surface area contributed by atoms with E-state index in [-0.39, 0.29) is 48.0 Å².